The number of H-pyrrole nitrogens is 1. The molecule has 2 aromatic rings. The fourth-order valence-electron chi connectivity index (χ4n) is 2.08. The standard InChI is InChI=1S/C13H18N6O2/c1-7(2)11(12-10(14)13(15)18-17-12)16-8-4-3-5-9(6-8)19(20)21/h3-7,11,16H,14H2,1-2H3,(H3,15,17,18). The van der Waals surface area contributed by atoms with Crippen LogP contribution in [-0.4, -0.2) is 15.1 Å². The van der Waals surface area contributed by atoms with Gasteiger partial charge in [0.05, 0.1) is 22.3 Å². The van der Waals surface area contributed by atoms with Crippen molar-refractivity contribution in [1.82, 2.24) is 10.2 Å². The number of nitrogens with two attached hydrogens (primary N) is 2. The van der Waals surface area contributed by atoms with Crippen LogP contribution in [0.3, 0.4) is 0 Å². The molecule has 0 bridgehead atoms. The highest BCUT2D eigenvalue weighted by Gasteiger charge is 2.22. The van der Waals surface area contributed by atoms with Gasteiger partial charge in [-0.25, -0.2) is 0 Å². The van der Waals surface area contributed by atoms with Crippen LogP contribution in [0.15, 0.2) is 24.3 Å². The highest BCUT2D eigenvalue weighted by atomic mass is 16.6. The molecule has 112 valence electrons. The number of nitrogens with zero attached hydrogens (tertiary/aromatic N) is 2. The molecule has 1 aromatic carbocycles. The second-order valence-electron chi connectivity index (χ2n) is 5.11. The van der Waals surface area contributed by atoms with E-state index in [1.807, 2.05) is 13.8 Å². The van der Waals surface area contributed by atoms with Crippen molar-refractivity contribution in [3.05, 3.63) is 40.1 Å². The summed E-state index contributed by atoms with van der Waals surface area (Å²) in [6.07, 6.45) is 0. The van der Waals surface area contributed by atoms with E-state index in [9.17, 15) is 10.1 Å². The number of non-ortho nitro benzene ring substituents is 1. The molecule has 0 fully saturated rings. The van der Waals surface area contributed by atoms with Crippen LogP contribution < -0.4 is 16.8 Å². The summed E-state index contributed by atoms with van der Waals surface area (Å²) in [6, 6.07) is 6.13. The average Bonchev–Trinajstić information content (AvgIpc) is 2.76. The second kappa shape index (κ2) is 5.70. The Kier molecular flexibility index (Phi) is 3.97. The zero-order valence-corrected chi connectivity index (χ0v) is 11.8. The minimum Gasteiger partial charge on any atom is -0.394 e. The van der Waals surface area contributed by atoms with E-state index >= 15 is 0 Å². The fourth-order valence-corrected chi connectivity index (χ4v) is 2.08. The molecule has 0 spiro atoms. The summed E-state index contributed by atoms with van der Waals surface area (Å²) < 4.78 is 0. The number of nitrogens with one attached hydrogen (secondary N) is 2. The Morgan fingerprint density at radius 3 is 2.62 bits per heavy atom. The van der Waals surface area contributed by atoms with Gasteiger partial charge in [-0.1, -0.05) is 19.9 Å². The van der Waals surface area contributed by atoms with E-state index in [1.54, 1.807) is 12.1 Å². The van der Waals surface area contributed by atoms with Gasteiger partial charge in [0.1, 0.15) is 0 Å². The van der Waals surface area contributed by atoms with Crippen molar-refractivity contribution < 1.29 is 4.92 Å². The Balaban J connectivity index is 2.31. The van der Waals surface area contributed by atoms with Gasteiger partial charge >= 0.3 is 0 Å². The van der Waals surface area contributed by atoms with Gasteiger partial charge in [0, 0.05) is 17.8 Å². The number of anilines is 3. The average molecular weight is 290 g/mol. The molecule has 1 heterocycles. The predicted molar refractivity (Wildman–Crippen MR) is 81.7 cm³/mol. The fraction of sp³-hybridized carbons (Fsp3) is 0.308. The largest absolute Gasteiger partial charge is 0.394 e. The van der Waals surface area contributed by atoms with Crippen LogP contribution in [0.5, 0.6) is 0 Å². The van der Waals surface area contributed by atoms with Crippen molar-refractivity contribution in [2.75, 3.05) is 16.8 Å². The number of hydrogen-bond acceptors (Lipinski definition) is 6. The minimum absolute atomic E-state index is 0.0274. The molecule has 8 heteroatoms. The molecule has 0 aliphatic rings. The molecule has 0 aliphatic carbocycles. The quantitative estimate of drug-likeness (QED) is 0.492. The Morgan fingerprint density at radius 2 is 2.10 bits per heavy atom. The molecule has 0 amide bonds. The van der Waals surface area contributed by atoms with Crippen LogP contribution in [0, 0.1) is 16.0 Å². The topological polar surface area (TPSA) is 136 Å². The summed E-state index contributed by atoms with van der Waals surface area (Å²) in [7, 11) is 0. The van der Waals surface area contributed by atoms with Gasteiger partial charge in [-0.2, -0.15) is 5.10 Å². The maximum absolute atomic E-state index is 10.8. The number of nitro benzene ring substituents is 1. The number of nitrogen functional groups attached to an aromatic ring is 2. The molecule has 0 radical (unpaired) electrons. The molecule has 0 aliphatic heterocycles. The SMILES string of the molecule is CC(C)C(Nc1cccc([N+](=O)[O-])c1)c1[nH]nc(N)c1N. The zero-order valence-electron chi connectivity index (χ0n) is 11.8. The van der Waals surface area contributed by atoms with Gasteiger partial charge in [0.25, 0.3) is 5.69 Å². The van der Waals surface area contributed by atoms with Gasteiger partial charge in [-0.3, -0.25) is 15.2 Å². The molecule has 21 heavy (non-hydrogen) atoms. The summed E-state index contributed by atoms with van der Waals surface area (Å²) in [5, 5.41) is 20.8. The summed E-state index contributed by atoms with van der Waals surface area (Å²) in [4.78, 5) is 10.4. The Morgan fingerprint density at radius 1 is 1.38 bits per heavy atom. The van der Waals surface area contributed by atoms with Crippen LogP contribution in [0.1, 0.15) is 25.6 Å². The number of aromatic amines is 1. The monoisotopic (exact) mass is 290 g/mol. The van der Waals surface area contributed by atoms with Crippen molar-refractivity contribution in [3.8, 4) is 0 Å². The van der Waals surface area contributed by atoms with Crippen LogP contribution in [0.2, 0.25) is 0 Å². The lowest BCUT2D eigenvalue weighted by Gasteiger charge is -2.22. The van der Waals surface area contributed by atoms with Crippen molar-refractivity contribution in [2.24, 2.45) is 5.92 Å². The van der Waals surface area contributed by atoms with Crippen molar-refractivity contribution in [3.63, 3.8) is 0 Å². The highest BCUT2D eigenvalue weighted by Crippen LogP contribution is 2.31. The lowest BCUT2D eigenvalue weighted by molar-refractivity contribution is -0.384. The minimum atomic E-state index is -0.432. The number of hydrogen-bond donors (Lipinski definition) is 4. The molecule has 2 rings (SSSR count). The van der Waals surface area contributed by atoms with E-state index in [-0.39, 0.29) is 23.5 Å². The first-order valence-electron chi connectivity index (χ1n) is 6.50. The number of rotatable bonds is 5. The van der Waals surface area contributed by atoms with Gasteiger partial charge < -0.3 is 16.8 Å². The number of benzene rings is 1. The van der Waals surface area contributed by atoms with E-state index in [0.717, 1.165) is 0 Å². The van der Waals surface area contributed by atoms with Crippen molar-refractivity contribution in [1.29, 1.82) is 0 Å². The predicted octanol–water partition coefficient (Wildman–Crippen LogP) is 2.29. The summed E-state index contributed by atoms with van der Waals surface area (Å²) in [5.41, 5.74) is 13.3. The molecule has 8 nitrogen and oxygen atoms in total. The van der Waals surface area contributed by atoms with E-state index in [4.69, 9.17) is 11.5 Å². The third-order valence-electron chi connectivity index (χ3n) is 3.22. The Bertz CT molecular complexity index is 652. The summed E-state index contributed by atoms with van der Waals surface area (Å²) >= 11 is 0. The second-order valence-corrected chi connectivity index (χ2v) is 5.11. The molecule has 0 saturated heterocycles. The highest BCUT2D eigenvalue weighted by molar-refractivity contribution is 5.63. The molecule has 0 saturated carbocycles. The molecular formula is C13H18N6O2. The van der Waals surface area contributed by atoms with E-state index in [2.05, 4.69) is 15.5 Å². The first-order valence-corrected chi connectivity index (χ1v) is 6.50. The smallest absolute Gasteiger partial charge is 0.271 e. The molecule has 1 aromatic heterocycles. The normalized spacial score (nSPS) is 12.3. The maximum atomic E-state index is 10.8. The Hall–Kier alpha value is -2.77. The Labute approximate surface area is 121 Å². The number of nitro groups is 1. The van der Waals surface area contributed by atoms with Crippen LogP contribution in [-0.2, 0) is 0 Å². The summed E-state index contributed by atoms with van der Waals surface area (Å²) in [5.74, 6) is 0.419. The van der Waals surface area contributed by atoms with E-state index < -0.39 is 4.92 Å². The molecule has 1 atom stereocenters. The van der Waals surface area contributed by atoms with Crippen LogP contribution in [0.25, 0.3) is 0 Å². The van der Waals surface area contributed by atoms with Crippen LogP contribution in [0.4, 0.5) is 22.9 Å². The van der Waals surface area contributed by atoms with Crippen LogP contribution >= 0.6 is 0 Å². The molecular weight excluding hydrogens is 272 g/mol. The molecule has 1 unspecified atom stereocenters. The third kappa shape index (κ3) is 3.04. The van der Waals surface area contributed by atoms with Gasteiger partial charge in [-0.15, -0.1) is 0 Å². The van der Waals surface area contributed by atoms with E-state index in [0.29, 0.717) is 17.1 Å². The van der Waals surface area contributed by atoms with Gasteiger partial charge in [0.2, 0.25) is 0 Å². The first-order chi connectivity index (χ1) is 9.90. The number of aromatic nitrogens is 2. The molecule has 6 N–H and O–H groups in total. The van der Waals surface area contributed by atoms with E-state index in [1.165, 1.54) is 12.1 Å². The lowest BCUT2D eigenvalue weighted by atomic mass is 9.99. The maximum Gasteiger partial charge on any atom is 0.271 e. The van der Waals surface area contributed by atoms with Gasteiger partial charge in [0.15, 0.2) is 5.82 Å². The van der Waals surface area contributed by atoms with Gasteiger partial charge in [-0.05, 0) is 12.0 Å². The lowest BCUT2D eigenvalue weighted by Crippen LogP contribution is -2.18. The zero-order chi connectivity index (χ0) is 15.6. The summed E-state index contributed by atoms with van der Waals surface area (Å²) in [6.45, 7) is 4.01. The third-order valence-corrected chi connectivity index (χ3v) is 3.22. The van der Waals surface area contributed by atoms with Crippen molar-refractivity contribution >= 4 is 22.9 Å². The van der Waals surface area contributed by atoms with Crippen molar-refractivity contribution in [2.45, 2.75) is 19.9 Å². The first kappa shape index (κ1) is 14.6.